The third kappa shape index (κ3) is 3.01. The highest BCUT2D eigenvalue weighted by Crippen LogP contribution is 2.22. The van der Waals surface area contributed by atoms with E-state index < -0.39 is 17.3 Å². The summed E-state index contributed by atoms with van der Waals surface area (Å²) in [4.78, 5) is 10.7. The molecule has 0 bridgehead atoms. The first-order valence-corrected chi connectivity index (χ1v) is 5.61. The predicted molar refractivity (Wildman–Crippen MR) is 68.5 cm³/mol. The van der Waals surface area contributed by atoms with Crippen molar-refractivity contribution in [3.63, 3.8) is 0 Å². The van der Waals surface area contributed by atoms with Gasteiger partial charge in [-0.25, -0.2) is 9.18 Å². The van der Waals surface area contributed by atoms with Crippen molar-refractivity contribution in [2.45, 2.75) is 6.54 Å². The zero-order valence-electron chi connectivity index (χ0n) is 10.0. The van der Waals surface area contributed by atoms with Gasteiger partial charge in [-0.1, -0.05) is 0 Å². The number of nitrogen functional groups attached to an aromatic ring is 1. The third-order valence-electron chi connectivity index (χ3n) is 2.59. The zero-order chi connectivity index (χ0) is 13.8. The quantitative estimate of drug-likeness (QED) is 0.710. The Morgan fingerprint density at radius 1 is 1.53 bits per heavy atom. The molecule has 0 aliphatic rings. The molecule has 0 aliphatic carbocycles. The molecule has 0 spiro atoms. The molecule has 0 saturated carbocycles. The van der Waals surface area contributed by atoms with Crippen LogP contribution in [0.1, 0.15) is 10.4 Å². The minimum Gasteiger partial charge on any atom is -0.478 e. The second-order valence-corrected chi connectivity index (χ2v) is 3.92. The van der Waals surface area contributed by atoms with Gasteiger partial charge in [0.15, 0.2) is 0 Å². The van der Waals surface area contributed by atoms with Crippen molar-refractivity contribution < 1.29 is 14.3 Å². The van der Waals surface area contributed by atoms with Gasteiger partial charge in [0.1, 0.15) is 5.82 Å². The number of nitrogens with two attached hydrogens (primary N) is 1. The van der Waals surface area contributed by atoms with Crippen LogP contribution in [0, 0.1) is 5.82 Å². The Labute approximate surface area is 108 Å². The molecule has 1 heterocycles. The van der Waals surface area contributed by atoms with E-state index in [-0.39, 0.29) is 5.69 Å². The van der Waals surface area contributed by atoms with Crippen molar-refractivity contribution in [1.82, 2.24) is 9.78 Å². The normalized spacial score (nSPS) is 10.4. The van der Waals surface area contributed by atoms with Crippen LogP contribution in [0.15, 0.2) is 30.6 Å². The molecule has 7 heteroatoms. The van der Waals surface area contributed by atoms with Gasteiger partial charge in [0.25, 0.3) is 0 Å². The van der Waals surface area contributed by atoms with Crippen LogP contribution in [0.5, 0.6) is 0 Å². The summed E-state index contributed by atoms with van der Waals surface area (Å²) in [6.07, 6.45) is 3.47. The van der Waals surface area contributed by atoms with Crippen LogP contribution in [0.3, 0.4) is 0 Å². The fraction of sp³-hybridized carbons (Fsp3) is 0.167. The maximum atomic E-state index is 13.5. The van der Waals surface area contributed by atoms with Crippen LogP contribution in [0.25, 0.3) is 0 Å². The van der Waals surface area contributed by atoms with Crippen molar-refractivity contribution >= 4 is 17.3 Å². The number of rotatable bonds is 5. The second-order valence-electron chi connectivity index (χ2n) is 3.92. The lowest BCUT2D eigenvalue weighted by atomic mass is 10.1. The summed E-state index contributed by atoms with van der Waals surface area (Å²) >= 11 is 0. The van der Waals surface area contributed by atoms with E-state index in [4.69, 9.17) is 10.8 Å². The first-order chi connectivity index (χ1) is 9.08. The van der Waals surface area contributed by atoms with E-state index in [1.54, 1.807) is 23.1 Å². The number of aromatic nitrogens is 2. The fourth-order valence-electron chi connectivity index (χ4n) is 1.64. The van der Waals surface area contributed by atoms with E-state index in [1.165, 1.54) is 0 Å². The molecule has 2 aromatic rings. The molecule has 1 aromatic heterocycles. The third-order valence-corrected chi connectivity index (χ3v) is 2.59. The lowest BCUT2D eigenvalue weighted by Gasteiger charge is -2.10. The Kier molecular flexibility index (Phi) is 3.65. The van der Waals surface area contributed by atoms with Crippen molar-refractivity contribution in [3.05, 3.63) is 42.0 Å². The smallest absolute Gasteiger partial charge is 0.338 e. The molecule has 0 unspecified atom stereocenters. The first-order valence-electron chi connectivity index (χ1n) is 5.61. The number of hydrogen-bond donors (Lipinski definition) is 3. The summed E-state index contributed by atoms with van der Waals surface area (Å²) in [5.74, 6) is -2.16. The molecule has 2 rings (SSSR count). The topological polar surface area (TPSA) is 93.2 Å². The number of hydrogen-bond acceptors (Lipinski definition) is 4. The van der Waals surface area contributed by atoms with E-state index >= 15 is 0 Å². The summed E-state index contributed by atoms with van der Waals surface area (Å²) in [5.41, 5.74) is 5.80. The summed E-state index contributed by atoms with van der Waals surface area (Å²) < 4.78 is 15.2. The average molecular weight is 264 g/mol. The monoisotopic (exact) mass is 264 g/mol. The number of nitrogens with one attached hydrogen (secondary N) is 1. The van der Waals surface area contributed by atoms with E-state index in [0.29, 0.717) is 18.8 Å². The van der Waals surface area contributed by atoms with Gasteiger partial charge < -0.3 is 16.2 Å². The summed E-state index contributed by atoms with van der Waals surface area (Å²) in [7, 11) is 0. The van der Waals surface area contributed by atoms with Gasteiger partial charge in [-0.2, -0.15) is 5.10 Å². The van der Waals surface area contributed by atoms with Crippen LogP contribution < -0.4 is 11.1 Å². The molecular formula is C12H13FN4O2. The fourth-order valence-corrected chi connectivity index (χ4v) is 1.64. The van der Waals surface area contributed by atoms with Crippen molar-refractivity contribution in [2.24, 2.45) is 0 Å². The van der Waals surface area contributed by atoms with Crippen LogP contribution in [0.4, 0.5) is 15.8 Å². The molecule has 100 valence electrons. The Hall–Kier alpha value is -2.57. The van der Waals surface area contributed by atoms with Crippen LogP contribution in [-0.2, 0) is 6.54 Å². The molecule has 0 saturated heterocycles. The maximum absolute atomic E-state index is 13.5. The van der Waals surface area contributed by atoms with Gasteiger partial charge >= 0.3 is 5.97 Å². The van der Waals surface area contributed by atoms with Crippen LogP contribution in [0.2, 0.25) is 0 Å². The van der Waals surface area contributed by atoms with E-state index in [9.17, 15) is 9.18 Å². The Bertz CT molecular complexity index is 584. The second kappa shape index (κ2) is 5.38. The zero-order valence-corrected chi connectivity index (χ0v) is 10.0. The number of nitrogens with zero attached hydrogens (tertiary/aromatic N) is 2. The molecule has 0 fully saturated rings. The lowest BCUT2D eigenvalue weighted by molar-refractivity contribution is 0.0692. The molecule has 0 radical (unpaired) electrons. The largest absolute Gasteiger partial charge is 0.478 e. The number of carboxylic acids is 1. The first kappa shape index (κ1) is 12.9. The number of carboxylic acid groups (broad SMARTS) is 1. The number of benzene rings is 1. The van der Waals surface area contributed by atoms with Crippen LogP contribution >= 0.6 is 0 Å². The number of halogens is 1. The van der Waals surface area contributed by atoms with Gasteiger partial charge in [0.2, 0.25) is 0 Å². The van der Waals surface area contributed by atoms with Crippen molar-refractivity contribution in [3.8, 4) is 0 Å². The minimum absolute atomic E-state index is 0.194. The Balaban J connectivity index is 2.04. The van der Waals surface area contributed by atoms with E-state index in [0.717, 1.165) is 12.1 Å². The number of carbonyl (C=O) groups is 1. The van der Waals surface area contributed by atoms with Gasteiger partial charge in [-0.3, -0.25) is 4.68 Å². The van der Waals surface area contributed by atoms with Crippen molar-refractivity contribution in [1.29, 1.82) is 0 Å². The summed E-state index contributed by atoms with van der Waals surface area (Å²) in [6, 6.07) is 3.99. The predicted octanol–water partition coefficient (Wildman–Crippen LogP) is 1.41. The SMILES string of the molecule is Nc1cc(C(=O)O)c(F)cc1NCCn1cccn1. The summed E-state index contributed by atoms with van der Waals surface area (Å²) in [5, 5.41) is 15.7. The highest BCUT2D eigenvalue weighted by atomic mass is 19.1. The molecule has 0 amide bonds. The minimum atomic E-state index is -1.34. The molecule has 1 aromatic carbocycles. The van der Waals surface area contributed by atoms with Gasteiger partial charge in [-0.05, 0) is 18.2 Å². The highest BCUT2D eigenvalue weighted by Gasteiger charge is 2.13. The number of anilines is 2. The van der Waals surface area contributed by atoms with Crippen LogP contribution in [-0.4, -0.2) is 27.4 Å². The average Bonchev–Trinajstić information content (AvgIpc) is 2.85. The summed E-state index contributed by atoms with van der Waals surface area (Å²) in [6.45, 7) is 1.09. The Morgan fingerprint density at radius 3 is 2.95 bits per heavy atom. The molecule has 0 aliphatic heterocycles. The number of aromatic carboxylic acids is 1. The molecule has 6 nitrogen and oxygen atoms in total. The van der Waals surface area contributed by atoms with E-state index in [2.05, 4.69) is 10.4 Å². The standard InChI is InChI=1S/C12H13FN4O2/c13-9-7-11(10(14)6-8(9)12(18)19)15-3-5-17-4-1-2-16-17/h1-2,4,6-7,15H,3,5,14H2,(H,18,19). The van der Waals surface area contributed by atoms with Gasteiger partial charge in [0.05, 0.1) is 23.5 Å². The van der Waals surface area contributed by atoms with Crippen molar-refractivity contribution in [2.75, 3.05) is 17.6 Å². The lowest BCUT2D eigenvalue weighted by Crippen LogP contribution is -2.13. The maximum Gasteiger partial charge on any atom is 0.338 e. The molecule has 19 heavy (non-hydrogen) atoms. The van der Waals surface area contributed by atoms with Gasteiger partial charge in [0, 0.05) is 18.9 Å². The highest BCUT2D eigenvalue weighted by molar-refractivity contribution is 5.90. The molecule has 4 N–H and O–H groups in total. The van der Waals surface area contributed by atoms with E-state index in [1.807, 2.05) is 0 Å². The Morgan fingerprint density at radius 2 is 2.32 bits per heavy atom. The van der Waals surface area contributed by atoms with Gasteiger partial charge in [-0.15, -0.1) is 0 Å². The molecular weight excluding hydrogens is 251 g/mol. The molecule has 0 atom stereocenters.